The van der Waals surface area contributed by atoms with E-state index in [9.17, 15) is 13.2 Å². The summed E-state index contributed by atoms with van der Waals surface area (Å²) in [4.78, 5) is 13.2. The molecule has 1 heterocycles. The monoisotopic (exact) mass is 359 g/mol. The number of nitrogens with zero attached hydrogens (tertiary/aromatic N) is 1. The molecule has 0 saturated carbocycles. The van der Waals surface area contributed by atoms with Crippen molar-refractivity contribution in [3.8, 4) is 0 Å². The van der Waals surface area contributed by atoms with Gasteiger partial charge in [0.25, 0.3) is 10.0 Å². The number of Topliss-reactive ketones (excluding diaryl/α,β-unsaturated/α-hetero) is 1. The van der Waals surface area contributed by atoms with Crippen molar-refractivity contribution in [3.63, 3.8) is 0 Å². The molecule has 0 spiro atoms. The van der Waals surface area contributed by atoms with Crippen molar-refractivity contribution in [1.82, 2.24) is 4.31 Å². The van der Waals surface area contributed by atoms with Gasteiger partial charge in [-0.3, -0.25) is 9.10 Å². The Morgan fingerprint density at radius 1 is 1.28 bits per heavy atom. The molecule has 25 heavy (non-hydrogen) atoms. The maximum Gasteiger partial charge on any atom is 0.264 e. The van der Waals surface area contributed by atoms with Gasteiger partial charge in [-0.2, -0.15) is 0 Å². The molecular weight excluding hydrogens is 338 g/mol. The van der Waals surface area contributed by atoms with Gasteiger partial charge in [0.1, 0.15) is 5.70 Å². The predicted molar refractivity (Wildman–Crippen MR) is 96.7 cm³/mol. The number of carbonyl (C=O) groups excluding carboxylic acids is 1. The SMILES string of the molecule is COC1=C(C(=O)CC2=CC=CC=CC2)N(C)S(=O)(=O)C2=C1CC(C)=C2. The van der Waals surface area contributed by atoms with Gasteiger partial charge in [-0.1, -0.05) is 41.5 Å². The second-order valence-electron chi connectivity index (χ2n) is 6.31. The number of rotatable bonds is 4. The van der Waals surface area contributed by atoms with E-state index in [1.807, 2.05) is 37.3 Å². The average molecular weight is 359 g/mol. The number of hydrogen-bond donors (Lipinski definition) is 0. The molecule has 5 nitrogen and oxygen atoms in total. The van der Waals surface area contributed by atoms with Crippen molar-refractivity contribution in [2.45, 2.75) is 26.2 Å². The molecule has 0 saturated heterocycles. The van der Waals surface area contributed by atoms with Gasteiger partial charge in [-0.15, -0.1) is 0 Å². The van der Waals surface area contributed by atoms with E-state index in [0.717, 1.165) is 15.5 Å². The van der Waals surface area contributed by atoms with Crippen LogP contribution in [0.1, 0.15) is 26.2 Å². The molecular formula is C19H21NO4S. The van der Waals surface area contributed by atoms with E-state index in [0.29, 0.717) is 24.2 Å². The van der Waals surface area contributed by atoms with Crippen LogP contribution in [0.5, 0.6) is 0 Å². The summed E-state index contributed by atoms with van der Waals surface area (Å²) >= 11 is 0. The maximum atomic E-state index is 12.9. The van der Waals surface area contributed by atoms with Crippen LogP contribution in [0.4, 0.5) is 0 Å². The summed E-state index contributed by atoms with van der Waals surface area (Å²) in [5.74, 6) is 0.111. The van der Waals surface area contributed by atoms with Crippen LogP contribution in [-0.4, -0.2) is 32.7 Å². The summed E-state index contributed by atoms with van der Waals surface area (Å²) < 4.78 is 32.2. The zero-order valence-electron chi connectivity index (χ0n) is 14.6. The molecule has 0 N–H and O–H groups in total. The molecule has 0 radical (unpaired) electrons. The standard InChI is InChI=1S/C19H21NO4S/c1-13-10-15-17(11-13)25(22,23)20(2)18(19(15)24-3)16(21)12-14-8-6-4-5-7-9-14/h4-8,11H,9-10,12H2,1-3H3. The van der Waals surface area contributed by atoms with Crippen LogP contribution in [0.3, 0.4) is 0 Å². The average Bonchev–Trinajstić information content (AvgIpc) is 2.78. The highest BCUT2D eigenvalue weighted by Gasteiger charge is 2.41. The number of carbonyl (C=O) groups is 1. The minimum Gasteiger partial charge on any atom is -0.494 e. The first-order chi connectivity index (χ1) is 11.9. The lowest BCUT2D eigenvalue weighted by Crippen LogP contribution is -2.36. The first-order valence-electron chi connectivity index (χ1n) is 8.08. The fourth-order valence-electron chi connectivity index (χ4n) is 3.27. The van der Waals surface area contributed by atoms with Crippen molar-refractivity contribution in [2.75, 3.05) is 14.2 Å². The Morgan fingerprint density at radius 3 is 2.76 bits per heavy atom. The van der Waals surface area contributed by atoms with Crippen LogP contribution in [-0.2, 0) is 19.6 Å². The Morgan fingerprint density at radius 2 is 2.04 bits per heavy atom. The molecule has 6 heteroatoms. The molecule has 0 bridgehead atoms. The fraction of sp³-hybridized carbons (Fsp3) is 0.316. The fourth-order valence-corrected chi connectivity index (χ4v) is 4.82. The number of likely N-dealkylation sites (N-methyl/N-ethyl adjacent to an activating group) is 1. The van der Waals surface area contributed by atoms with E-state index in [1.165, 1.54) is 14.2 Å². The van der Waals surface area contributed by atoms with Crippen molar-refractivity contribution in [2.24, 2.45) is 0 Å². The Labute approximate surface area is 148 Å². The molecule has 0 aromatic rings. The molecule has 0 aromatic carbocycles. The highest BCUT2D eigenvalue weighted by atomic mass is 32.2. The third-order valence-electron chi connectivity index (χ3n) is 4.50. The smallest absolute Gasteiger partial charge is 0.264 e. The molecule has 0 fully saturated rings. The normalized spacial score (nSPS) is 21.8. The van der Waals surface area contributed by atoms with Gasteiger partial charge in [0.2, 0.25) is 0 Å². The largest absolute Gasteiger partial charge is 0.494 e. The quantitative estimate of drug-likeness (QED) is 0.774. The lowest BCUT2D eigenvalue weighted by Gasteiger charge is -2.29. The van der Waals surface area contributed by atoms with E-state index in [1.54, 1.807) is 6.08 Å². The van der Waals surface area contributed by atoms with E-state index < -0.39 is 10.0 Å². The Kier molecular flexibility index (Phi) is 4.56. The van der Waals surface area contributed by atoms with Gasteiger partial charge >= 0.3 is 0 Å². The van der Waals surface area contributed by atoms with Gasteiger partial charge in [-0.25, -0.2) is 8.42 Å². The van der Waals surface area contributed by atoms with E-state index in [-0.39, 0.29) is 22.8 Å². The summed E-state index contributed by atoms with van der Waals surface area (Å²) in [6.07, 6.45) is 12.5. The first-order valence-corrected chi connectivity index (χ1v) is 9.52. The summed E-state index contributed by atoms with van der Waals surface area (Å²) in [5, 5.41) is 0. The lowest BCUT2D eigenvalue weighted by molar-refractivity contribution is -0.116. The highest BCUT2D eigenvalue weighted by Crippen LogP contribution is 2.42. The second-order valence-corrected chi connectivity index (χ2v) is 8.24. The number of methoxy groups -OCH3 is 1. The molecule has 0 amide bonds. The van der Waals surface area contributed by atoms with Crippen LogP contribution in [0.25, 0.3) is 0 Å². The second kappa shape index (κ2) is 6.52. The Balaban J connectivity index is 2.02. The minimum absolute atomic E-state index is 0.113. The molecule has 1 aliphatic heterocycles. The summed E-state index contributed by atoms with van der Waals surface area (Å²) in [6, 6.07) is 0. The van der Waals surface area contributed by atoms with Crippen molar-refractivity contribution >= 4 is 15.8 Å². The van der Waals surface area contributed by atoms with Crippen LogP contribution in [0.2, 0.25) is 0 Å². The van der Waals surface area contributed by atoms with Crippen LogP contribution < -0.4 is 0 Å². The van der Waals surface area contributed by atoms with E-state index in [4.69, 9.17) is 4.74 Å². The molecule has 0 unspecified atom stereocenters. The third kappa shape index (κ3) is 3.02. The predicted octanol–water partition coefficient (Wildman–Crippen LogP) is 3.13. The lowest BCUT2D eigenvalue weighted by atomic mass is 10.0. The number of ketones is 1. The third-order valence-corrected chi connectivity index (χ3v) is 6.32. The van der Waals surface area contributed by atoms with Crippen LogP contribution in [0.15, 0.2) is 69.5 Å². The molecule has 3 rings (SSSR count). The van der Waals surface area contributed by atoms with Crippen molar-refractivity contribution < 1.29 is 17.9 Å². The topological polar surface area (TPSA) is 63.7 Å². The molecule has 2 aliphatic carbocycles. The molecule has 0 aromatic heterocycles. The van der Waals surface area contributed by atoms with Crippen LogP contribution in [0, 0.1) is 0 Å². The molecule has 3 aliphatic rings. The number of ether oxygens (including phenoxy) is 1. The van der Waals surface area contributed by atoms with Crippen LogP contribution >= 0.6 is 0 Å². The van der Waals surface area contributed by atoms with Crippen molar-refractivity contribution in [3.05, 3.63) is 69.5 Å². The highest BCUT2D eigenvalue weighted by molar-refractivity contribution is 7.93. The minimum atomic E-state index is -3.73. The summed E-state index contributed by atoms with van der Waals surface area (Å²) in [6.45, 7) is 1.87. The molecule has 0 atom stereocenters. The van der Waals surface area contributed by atoms with E-state index in [2.05, 4.69) is 0 Å². The number of allylic oxidation sites excluding steroid dienone is 10. The summed E-state index contributed by atoms with van der Waals surface area (Å²) in [7, 11) is -0.841. The number of hydrogen-bond acceptors (Lipinski definition) is 4. The van der Waals surface area contributed by atoms with Gasteiger partial charge in [0.15, 0.2) is 11.5 Å². The van der Waals surface area contributed by atoms with Gasteiger partial charge < -0.3 is 4.74 Å². The zero-order valence-corrected chi connectivity index (χ0v) is 15.4. The van der Waals surface area contributed by atoms with E-state index >= 15 is 0 Å². The Hall–Kier alpha value is -2.34. The summed E-state index contributed by atoms with van der Waals surface area (Å²) in [5.41, 5.74) is 2.56. The maximum absolute atomic E-state index is 12.9. The number of sulfonamides is 1. The zero-order chi connectivity index (χ0) is 18.2. The Bertz CT molecular complexity index is 911. The van der Waals surface area contributed by atoms with Gasteiger partial charge in [0.05, 0.1) is 12.0 Å². The van der Waals surface area contributed by atoms with Gasteiger partial charge in [0, 0.05) is 19.0 Å². The first kappa shape index (κ1) is 17.5. The molecule has 132 valence electrons. The van der Waals surface area contributed by atoms with Gasteiger partial charge in [-0.05, 0) is 25.8 Å². The van der Waals surface area contributed by atoms with Crippen molar-refractivity contribution in [1.29, 1.82) is 0 Å².